The van der Waals surface area contributed by atoms with Gasteiger partial charge in [-0.15, -0.1) is 0 Å². The second-order valence-corrected chi connectivity index (χ2v) is 7.33. The number of esters is 1. The lowest BCUT2D eigenvalue weighted by molar-refractivity contribution is -0.157. The van der Waals surface area contributed by atoms with E-state index in [1.165, 1.54) is 21.2 Å². The Kier molecular flexibility index (Phi) is 9.44. The van der Waals surface area contributed by atoms with Gasteiger partial charge < -0.3 is 24.4 Å². The van der Waals surface area contributed by atoms with E-state index in [2.05, 4.69) is 28.0 Å². The van der Waals surface area contributed by atoms with Crippen LogP contribution in [0.3, 0.4) is 0 Å². The summed E-state index contributed by atoms with van der Waals surface area (Å²) in [4.78, 5) is 37.9. The molecular weight excluding hydrogens is 412 g/mol. The Balaban J connectivity index is 1.97. The fraction of sp³-hybridized carbons (Fsp3) is 0.458. The summed E-state index contributed by atoms with van der Waals surface area (Å²) in [6, 6.07) is -1.33. The first-order valence-corrected chi connectivity index (χ1v) is 10.3. The normalized spacial score (nSPS) is 20.4. The molecule has 0 bridgehead atoms. The monoisotopic (exact) mass is 442 g/mol. The Bertz CT molecular complexity index is 885. The van der Waals surface area contributed by atoms with Gasteiger partial charge in [0.1, 0.15) is 0 Å². The van der Waals surface area contributed by atoms with E-state index in [-0.39, 0.29) is 18.1 Å². The van der Waals surface area contributed by atoms with Crippen molar-refractivity contribution in [2.45, 2.75) is 25.2 Å². The number of allylic oxidation sites excluding steroid dienone is 5. The van der Waals surface area contributed by atoms with Crippen LogP contribution in [0.4, 0.5) is 0 Å². The third-order valence-electron chi connectivity index (χ3n) is 5.30. The molecule has 0 saturated heterocycles. The van der Waals surface area contributed by atoms with Crippen LogP contribution in [0.1, 0.15) is 12.8 Å². The molecule has 2 aliphatic carbocycles. The number of carbonyl (C=O) groups is 3. The van der Waals surface area contributed by atoms with E-state index in [4.69, 9.17) is 9.47 Å². The van der Waals surface area contributed by atoms with Gasteiger partial charge in [-0.3, -0.25) is 9.59 Å². The van der Waals surface area contributed by atoms with Crippen LogP contribution in [0.15, 0.2) is 47.6 Å². The lowest BCUT2D eigenvalue weighted by atomic mass is 9.93. The summed E-state index contributed by atoms with van der Waals surface area (Å²) in [5.41, 5.74) is 1.79. The Labute approximate surface area is 188 Å². The number of hydrogen-bond acceptors (Lipinski definition) is 6. The van der Waals surface area contributed by atoms with Crippen LogP contribution < -0.4 is 5.32 Å². The highest BCUT2D eigenvalue weighted by Gasteiger charge is 2.36. The number of methoxy groups -OCH3 is 3. The van der Waals surface area contributed by atoms with Crippen molar-refractivity contribution in [2.24, 2.45) is 11.8 Å². The standard InChI is InChI=1S/C24H30N2O6/c1-25-21(27)20(23(29)30-3)26(2)22(28)18-12-8-16(9-13-18)6-7-17-10-14-19(15-11-17)24(31-4)32-5/h8-10,12,14-15,17-18,20,24H,11,13H2,1-5H3,(H,25,27). The maximum atomic E-state index is 12.8. The number of hydrogen-bond donors (Lipinski definition) is 1. The third kappa shape index (κ3) is 6.19. The molecular formula is C24H30N2O6. The number of amides is 2. The molecule has 32 heavy (non-hydrogen) atoms. The summed E-state index contributed by atoms with van der Waals surface area (Å²) in [6.07, 6.45) is 12.3. The first kappa shape index (κ1) is 25.1. The molecule has 0 aromatic carbocycles. The average Bonchev–Trinajstić information content (AvgIpc) is 2.83. The Morgan fingerprint density at radius 2 is 1.81 bits per heavy atom. The molecule has 0 aromatic heterocycles. The molecule has 8 heteroatoms. The number of nitrogens with one attached hydrogen (secondary N) is 1. The molecule has 2 rings (SSSR count). The average molecular weight is 443 g/mol. The highest BCUT2D eigenvalue weighted by atomic mass is 16.7. The largest absolute Gasteiger partial charge is 0.467 e. The zero-order valence-electron chi connectivity index (χ0n) is 19.1. The van der Waals surface area contributed by atoms with Gasteiger partial charge in [-0.25, -0.2) is 4.79 Å². The SMILES string of the molecule is CNC(=O)C(C(=O)OC)N(C)C(=O)C1C=CC(C#CC2C=CC(C(OC)OC)=CC2)=CC1. The van der Waals surface area contributed by atoms with Gasteiger partial charge in [-0.2, -0.15) is 0 Å². The van der Waals surface area contributed by atoms with Gasteiger partial charge in [0, 0.05) is 45.4 Å². The number of carbonyl (C=O) groups excluding carboxylic acids is 3. The van der Waals surface area contributed by atoms with Gasteiger partial charge in [0.25, 0.3) is 5.91 Å². The Hall–Kier alpha value is -3.15. The minimum Gasteiger partial charge on any atom is -0.467 e. The molecule has 0 saturated carbocycles. The Morgan fingerprint density at radius 3 is 2.31 bits per heavy atom. The molecule has 0 aliphatic heterocycles. The van der Waals surface area contributed by atoms with Gasteiger partial charge in [0.15, 0.2) is 6.29 Å². The number of nitrogens with zero attached hydrogens (tertiary/aromatic N) is 1. The van der Waals surface area contributed by atoms with Crippen LogP contribution in [0.5, 0.6) is 0 Å². The van der Waals surface area contributed by atoms with E-state index in [0.717, 1.165) is 22.5 Å². The van der Waals surface area contributed by atoms with Gasteiger partial charge in [0.2, 0.25) is 11.9 Å². The van der Waals surface area contributed by atoms with Crippen LogP contribution in [0, 0.1) is 23.7 Å². The van der Waals surface area contributed by atoms with Crippen LogP contribution in [0.2, 0.25) is 0 Å². The lowest BCUT2D eigenvalue weighted by Gasteiger charge is -2.27. The second-order valence-electron chi connectivity index (χ2n) is 7.33. The number of ether oxygens (including phenoxy) is 3. The summed E-state index contributed by atoms with van der Waals surface area (Å²) < 4.78 is 15.2. The molecule has 172 valence electrons. The smallest absolute Gasteiger partial charge is 0.338 e. The summed E-state index contributed by atoms with van der Waals surface area (Å²) in [6.45, 7) is 0. The molecule has 8 nitrogen and oxygen atoms in total. The minimum atomic E-state index is -1.33. The van der Waals surface area contributed by atoms with E-state index in [0.29, 0.717) is 6.42 Å². The van der Waals surface area contributed by atoms with Crippen molar-refractivity contribution in [1.82, 2.24) is 10.2 Å². The molecule has 2 amide bonds. The first-order chi connectivity index (χ1) is 15.4. The van der Waals surface area contributed by atoms with E-state index >= 15 is 0 Å². The zero-order valence-corrected chi connectivity index (χ0v) is 19.1. The van der Waals surface area contributed by atoms with Crippen LogP contribution in [-0.4, -0.2) is 70.4 Å². The van der Waals surface area contributed by atoms with Crippen molar-refractivity contribution in [1.29, 1.82) is 0 Å². The molecule has 1 N–H and O–H groups in total. The Morgan fingerprint density at radius 1 is 1.09 bits per heavy atom. The first-order valence-electron chi connectivity index (χ1n) is 10.3. The number of rotatable bonds is 7. The van der Waals surface area contributed by atoms with Gasteiger partial charge in [-0.1, -0.05) is 48.3 Å². The van der Waals surface area contributed by atoms with E-state index in [1.54, 1.807) is 26.4 Å². The summed E-state index contributed by atoms with van der Waals surface area (Å²) >= 11 is 0. The van der Waals surface area contributed by atoms with Crippen molar-refractivity contribution < 1.29 is 28.6 Å². The molecule has 3 atom stereocenters. The van der Waals surface area contributed by atoms with E-state index in [1.807, 2.05) is 18.2 Å². The van der Waals surface area contributed by atoms with E-state index < -0.39 is 23.8 Å². The van der Waals surface area contributed by atoms with Crippen LogP contribution in [-0.2, 0) is 28.6 Å². The van der Waals surface area contributed by atoms with Crippen molar-refractivity contribution in [3.8, 4) is 11.8 Å². The van der Waals surface area contributed by atoms with Gasteiger partial charge >= 0.3 is 5.97 Å². The second kappa shape index (κ2) is 12.0. The van der Waals surface area contributed by atoms with Gasteiger partial charge in [0.05, 0.1) is 13.0 Å². The third-order valence-corrected chi connectivity index (χ3v) is 5.30. The van der Waals surface area contributed by atoms with Crippen molar-refractivity contribution in [3.63, 3.8) is 0 Å². The predicted molar refractivity (Wildman–Crippen MR) is 119 cm³/mol. The summed E-state index contributed by atoms with van der Waals surface area (Å²) in [5, 5.41) is 2.38. The maximum Gasteiger partial charge on any atom is 0.338 e. The zero-order chi connectivity index (χ0) is 23.7. The highest BCUT2D eigenvalue weighted by Crippen LogP contribution is 2.22. The van der Waals surface area contributed by atoms with Crippen molar-refractivity contribution in [2.75, 3.05) is 35.4 Å². The molecule has 0 spiro atoms. The summed E-state index contributed by atoms with van der Waals surface area (Å²) in [5.74, 6) is 4.24. The quantitative estimate of drug-likeness (QED) is 0.277. The summed E-state index contributed by atoms with van der Waals surface area (Å²) in [7, 11) is 7.19. The fourth-order valence-corrected chi connectivity index (χ4v) is 3.44. The molecule has 2 aliphatic rings. The fourth-order valence-electron chi connectivity index (χ4n) is 3.44. The van der Waals surface area contributed by atoms with Crippen LogP contribution in [0.25, 0.3) is 0 Å². The molecule has 0 fully saturated rings. The topological polar surface area (TPSA) is 94.2 Å². The highest BCUT2D eigenvalue weighted by molar-refractivity contribution is 6.04. The molecule has 0 radical (unpaired) electrons. The van der Waals surface area contributed by atoms with Crippen LogP contribution >= 0.6 is 0 Å². The number of likely N-dealkylation sites (N-methyl/N-ethyl adjacent to an activating group) is 2. The van der Waals surface area contributed by atoms with Gasteiger partial charge in [-0.05, 0) is 12.8 Å². The lowest BCUT2D eigenvalue weighted by Crippen LogP contribution is -2.53. The van der Waals surface area contributed by atoms with E-state index in [9.17, 15) is 14.4 Å². The predicted octanol–water partition coefficient (Wildman–Crippen LogP) is 1.36. The van der Waals surface area contributed by atoms with Crippen molar-refractivity contribution in [3.05, 3.63) is 47.6 Å². The maximum absolute atomic E-state index is 12.8. The molecule has 0 aromatic rings. The minimum absolute atomic E-state index is 0.0845. The van der Waals surface area contributed by atoms with Crippen molar-refractivity contribution >= 4 is 17.8 Å². The molecule has 0 heterocycles. The molecule has 3 unspecified atom stereocenters.